The summed E-state index contributed by atoms with van der Waals surface area (Å²) in [5.74, 6) is 0.904. The molecule has 3 nitrogen and oxygen atoms in total. The number of nitrogens with zero attached hydrogens (tertiary/aromatic N) is 1. The largest absolute Gasteiger partial charge is 0.496 e. The maximum atomic E-state index is 5.50. The Hall–Kier alpha value is -1.87. The first-order chi connectivity index (χ1) is 9.15. The van der Waals surface area contributed by atoms with Gasteiger partial charge in [0.2, 0.25) is 0 Å². The highest BCUT2D eigenvalue weighted by Gasteiger charge is 2.17. The van der Waals surface area contributed by atoms with Gasteiger partial charge in [0, 0.05) is 18.0 Å². The smallest absolute Gasteiger partial charge is 0.124 e. The fourth-order valence-corrected chi connectivity index (χ4v) is 2.29. The highest BCUT2D eigenvalue weighted by molar-refractivity contribution is 5.43. The molecule has 0 amide bonds. The second-order valence-corrected chi connectivity index (χ2v) is 4.76. The van der Waals surface area contributed by atoms with E-state index in [-0.39, 0.29) is 6.04 Å². The van der Waals surface area contributed by atoms with Crippen LogP contribution in [-0.4, -0.2) is 19.1 Å². The van der Waals surface area contributed by atoms with E-state index in [1.807, 2.05) is 19.4 Å². The van der Waals surface area contributed by atoms with Gasteiger partial charge in [-0.15, -0.1) is 0 Å². The molecule has 0 aliphatic heterocycles. The first kappa shape index (κ1) is 13.6. The monoisotopic (exact) mass is 256 g/mol. The number of pyridine rings is 1. The summed E-state index contributed by atoms with van der Waals surface area (Å²) in [5.41, 5.74) is 4.62. The van der Waals surface area contributed by atoms with Gasteiger partial charge in [-0.3, -0.25) is 4.98 Å². The molecule has 0 fully saturated rings. The molecule has 2 aromatic rings. The van der Waals surface area contributed by atoms with Crippen LogP contribution in [0.25, 0.3) is 0 Å². The van der Waals surface area contributed by atoms with Gasteiger partial charge in [-0.25, -0.2) is 0 Å². The van der Waals surface area contributed by atoms with Gasteiger partial charge in [0.05, 0.1) is 13.2 Å². The van der Waals surface area contributed by atoms with Gasteiger partial charge in [-0.05, 0) is 43.7 Å². The lowest BCUT2D eigenvalue weighted by Crippen LogP contribution is -2.18. The molecule has 0 aliphatic carbocycles. The molecule has 100 valence electrons. The predicted molar refractivity (Wildman–Crippen MR) is 77.6 cm³/mol. The summed E-state index contributed by atoms with van der Waals surface area (Å²) in [6.07, 6.45) is 3.76. The van der Waals surface area contributed by atoms with Crippen LogP contribution in [0.15, 0.2) is 36.7 Å². The summed E-state index contributed by atoms with van der Waals surface area (Å²) in [6, 6.07) is 8.50. The summed E-state index contributed by atoms with van der Waals surface area (Å²) in [5, 5.41) is 3.34. The number of benzene rings is 1. The highest BCUT2D eigenvalue weighted by atomic mass is 16.5. The minimum atomic E-state index is 0.0861. The summed E-state index contributed by atoms with van der Waals surface area (Å²) in [4.78, 5) is 4.27. The molecule has 0 bridgehead atoms. The van der Waals surface area contributed by atoms with Gasteiger partial charge in [-0.2, -0.15) is 0 Å². The van der Waals surface area contributed by atoms with Crippen molar-refractivity contribution in [1.82, 2.24) is 10.3 Å². The van der Waals surface area contributed by atoms with Gasteiger partial charge in [0.1, 0.15) is 5.75 Å². The van der Waals surface area contributed by atoms with E-state index in [0.29, 0.717) is 0 Å². The molecular formula is C16H20N2O. The Morgan fingerprint density at radius 2 is 1.89 bits per heavy atom. The third-order valence-electron chi connectivity index (χ3n) is 3.22. The van der Waals surface area contributed by atoms with Crippen LogP contribution in [0.2, 0.25) is 0 Å². The molecule has 0 radical (unpaired) electrons. The number of aromatic nitrogens is 1. The third-order valence-corrected chi connectivity index (χ3v) is 3.22. The third kappa shape index (κ3) is 2.93. The molecular weight excluding hydrogens is 236 g/mol. The minimum Gasteiger partial charge on any atom is -0.496 e. The maximum absolute atomic E-state index is 5.50. The number of ether oxygens (including phenoxy) is 1. The second kappa shape index (κ2) is 5.85. The van der Waals surface area contributed by atoms with Gasteiger partial charge >= 0.3 is 0 Å². The molecule has 0 spiro atoms. The average Bonchev–Trinajstić information content (AvgIpc) is 2.41. The van der Waals surface area contributed by atoms with Crippen LogP contribution in [0, 0.1) is 13.8 Å². The van der Waals surface area contributed by atoms with Crippen molar-refractivity contribution in [3.63, 3.8) is 0 Å². The number of nitrogens with one attached hydrogen (secondary N) is 1. The van der Waals surface area contributed by atoms with E-state index in [4.69, 9.17) is 4.74 Å². The molecule has 1 N–H and O–H groups in total. The normalized spacial score (nSPS) is 12.2. The molecule has 2 rings (SSSR count). The fraction of sp³-hybridized carbons (Fsp3) is 0.312. The summed E-state index contributed by atoms with van der Waals surface area (Å²) >= 11 is 0. The Balaban J connectivity index is 2.48. The number of hydrogen-bond donors (Lipinski definition) is 1. The van der Waals surface area contributed by atoms with Crippen LogP contribution in [-0.2, 0) is 0 Å². The first-order valence-electron chi connectivity index (χ1n) is 6.39. The van der Waals surface area contributed by atoms with Crippen molar-refractivity contribution in [3.05, 3.63) is 58.9 Å². The van der Waals surface area contributed by atoms with Crippen LogP contribution in [0.1, 0.15) is 28.3 Å². The van der Waals surface area contributed by atoms with Crippen LogP contribution in [0.3, 0.4) is 0 Å². The molecule has 1 aromatic carbocycles. The zero-order valence-corrected chi connectivity index (χ0v) is 11.9. The molecule has 0 saturated heterocycles. The SMILES string of the molecule is CNC(c1cncc(C)c1)c1ccc(C)cc1OC. The Kier molecular flexibility index (Phi) is 4.17. The molecule has 3 heteroatoms. The van der Waals surface area contributed by atoms with Gasteiger partial charge < -0.3 is 10.1 Å². The molecule has 1 aromatic heterocycles. The van der Waals surface area contributed by atoms with Crippen LogP contribution >= 0.6 is 0 Å². The van der Waals surface area contributed by atoms with E-state index >= 15 is 0 Å². The molecule has 0 aliphatic rings. The molecule has 19 heavy (non-hydrogen) atoms. The van der Waals surface area contributed by atoms with Crippen molar-refractivity contribution < 1.29 is 4.74 Å². The maximum Gasteiger partial charge on any atom is 0.124 e. The standard InChI is InChI=1S/C16H20N2O/c1-11-5-6-14(15(8-11)19-4)16(17-3)13-7-12(2)9-18-10-13/h5-10,16-17H,1-4H3. The Morgan fingerprint density at radius 1 is 1.11 bits per heavy atom. The van der Waals surface area contributed by atoms with Crippen LogP contribution < -0.4 is 10.1 Å². The van der Waals surface area contributed by atoms with E-state index in [1.54, 1.807) is 7.11 Å². The van der Waals surface area contributed by atoms with Crippen molar-refractivity contribution in [2.45, 2.75) is 19.9 Å². The summed E-state index contributed by atoms with van der Waals surface area (Å²) in [7, 11) is 3.66. The lowest BCUT2D eigenvalue weighted by molar-refractivity contribution is 0.405. The zero-order chi connectivity index (χ0) is 13.8. The van der Waals surface area contributed by atoms with E-state index in [0.717, 1.165) is 22.4 Å². The van der Waals surface area contributed by atoms with E-state index in [1.165, 1.54) is 5.56 Å². The zero-order valence-electron chi connectivity index (χ0n) is 11.9. The average molecular weight is 256 g/mol. The molecule has 1 atom stereocenters. The lowest BCUT2D eigenvalue weighted by Gasteiger charge is -2.20. The minimum absolute atomic E-state index is 0.0861. The number of hydrogen-bond acceptors (Lipinski definition) is 3. The fourth-order valence-electron chi connectivity index (χ4n) is 2.29. The van der Waals surface area contributed by atoms with Gasteiger partial charge in [0.25, 0.3) is 0 Å². The Labute approximate surface area is 114 Å². The number of rotatable bonds is 4. The molecule has 1 heterocycles. The topological polar surface area (TPSA) is 34.2 Å². The van der Waals surface area contributed by atoms with Gasteiger partial charge in [-0.1, -0.05) is 18.2 Å². The first-order valence-corrected chi connectivity index (χ1v) is 6.39. The van der Waals surface area contributed by atoms with Crippen molar-refractivity contribution in [2.24, 2.45) is 0 Å². The summed E-state index contributed by atoms with van der Waals surface area (Å²) < 4.78 is 5.50. The predicted octanol–water partition coefficient (Wildman–Crippen LogP) is 3.02. The van der Waals surface area contributed by atoms with Crippen molar-refractivity contribution in [2.75, 3.05) is 14.2 Å². The van der Waals surface area contributed by atoms with Gasteiger partial charge in [0.15, 0.2) is 0 Å². The molecule has 1 unspecified atom stereocenters. The van der Waals surface area contributed by atoms with E-state index < -0.39 is 0 Å². The van der Waals surface area contributed by atoms with Crippen molar-refractivity contribution in [3.8, 4) is 5.75 Å². The Morgan fingerprint density at radius 3 is 2.53 bits per heavy atom. The lowest BCUT2D eigenvalue weighted by atomic mass is 9.97. The van der Waals surface area contributed by atoms with Crippen molar-refractivity contribution in [1.29, 1.82) is 0 Å². The van der Waals surface area contributed by atoms with Crippen LogP contribution in [0.4, 0.5) is 0 Å². The number of methoxy groups -OCH3 is 1. The van der Waals surface area contributed by atoms with E-state index in [2.05, 4.69) is 48.4 Å². The summed E-state index contributed by atoms with van der Waals surface area (Å²) in [6.45, 7) is 4.12. The van der Waals surface area contributed by atoms with Crippen LogP contribution in [0.5, 0.6) is 5.75 Å². The molecule has 0 saturated carbocycles. The second-order valence-electron chi connectivity index (χ2n) is 4.76. The van der Waals surface area contributed by atoms with E-state index in [9.17, 15) is 0 Å². The van der Waals surface area contributed by atoms with Crippen molar-refractivity contribution >= 4 is 0 Å². The quantitative estimate of drug-likeness (QED) is 0.913. The highest BCUT2D eigenvalue weighted by Crippen LogP contribution is 2.30. The Bertz CT molecular complexity index is 566. The number of aryl methyl sites for hydroxylation is 2.